The molecule has 0 unspecified atom stereocenters. The summed E-state index contributed by atoms with van der Waals surface area (Å²) in [5.41, 5.74) is 3.62. The van der Waals surface area contributed by atoms with E-state index in [9.17, 15) is 9.59 Å². The van der Waals surface area contributed by atoms with Gasteiger partial charge in [0.05, 0.1) is 0 Å². The van der Waals surface area contributed by atoms with Gasteiger partial charge in [-0.25, -0.2) is 4.79 Å². The van der Waals surface area contributed by atoms with Crippen LogP contribution in [0.2, 0.25) is 5.02 Å². The fourth-order valence-corrected chi connectivity index (χ4v) is 4.34. The summed E-state index contributed by atoms with van der Waals surface area (Å²) < 4.78 is 5.56. The van der Waals surface area contributed by atoms with Gasteiger partial charge in [-0.05, 0) is 67.8 Å². The molecule has 0 spiro atoms. The molecule has 0 aliphatic carbocycles. The van der Waals surface area contributed by atoms with E-state index in [1.165, 1.54) is 0 Å². The van der Waals surface area contributed by atoms with Crippen LogP contribution in [0.3, 0.4) is 0 Å². The van der Waals surface area contributed by atoms with Gasteiger partial charge < -0.3 is 19.8 Å². The Labute approximate surface area is 221 Å². The molecule has 0 bridgehead atoms. The Morgan fingerprint density at radius 3 is 2.41 bits per heavy atom. The monoisotopic (exact) mass is 520 g/mol. The number of anilines is 3. The summed E-state index contributed by atoms with van der Waals surface area (Å²) in [5, 5.41) is 10.2. The van der Waals surface area contributed by atoms with Gasteiger partial charge in [0.1, 0.15) is 12.9 Å². The number of hydrogen-bond donors (Lipinski definition) is 2. The third-order valence-electron chi connectivity index (χ3n) is 5.95. The molecular weight excluding hydrogens is 492 g/mol. The molecule has 0 radical (unpaired) electrons. The number of aryl methyl sites for hydroxylation is 1. The number of nitrogens with one attached hydrogen (secondary N) is 2. The molecule has 9 heteroatoms. The van der Waals surface area contributed by atoms with E-state index in [1.807, 2.05) is 31.2 Å². The van der Waals surface area contributed by atoms with E-state index in [-0.39, 0.29) is 0 Å². The molecule has 192 valence electrons. The molecule has 0 saturated carbocycles. The summed E-state index contributed by atoms with van der Waals surface area (Å²) in [7, 11) is 1.55. The van der Waals surface area contributed by atoms with Crippen molar-refractivity contribution in [3.05, 3.63) is 88.9 Å². The summed E-state index contributed by atoms with van der Waals surface area (Å²) >= 11 is 5.91. The molecular formula is C28H29ClN4O4. The van der Waals surface area contributed by atoms with Gasteiger partial charge in [-0.1, -0.05) is 47.1 Å². The minimum atomic E-state index is -1.16. The second kappa shape index (κ2) is 12.3. The van der Waals surface area contributed by atoms with Crippen molar-refractivity contribution >= 4 is 46.5 Å². The van der Waals surface area contributed by atoms with Crippen LogP contribution in [0, 0.1) is 6.92 Å². The van der Waals surface area contributed by atoms with E-state index in [0.29, 0.717) is 22.0 Å². The summed E-state index contributed by atoms with van der Waals surface area (Å²) in [6.45, 7) is 2.83. The van der Waals surface area contributed by atoms with Crippen molar-refractivity contribution in [3.63, 3.8) is 0 Å². The van der Waals surface area contributed by atoms with Crippen LogP contribution in [0.1, 0.15) is 36.5 Å². The summed E-state index contributed by atoms with van der Waals surface area (Å²) in [4.78, 5) is 33.1. The Bertz CT molecular complexity index is 1260. The van der Waals surface area contributed by atoms with Gasteiger partial charge in [-0.3, -0.25) is 10.1 Å². The number of ether oxygens (including phenoxy) is 1. The van der Waals surface area contributed by atoms with E-state index in [4.69, 9.17) is 21.2 Å². The minimum absolute atomic E-state index is 0.468. The molecule has 37 heavy (non-hydrogen) atoms. The Hall–Kier alpha value is -4.04. The molecule has 1 atom stereocenters. The largest absolute Gasteiger partial charge is 0.431 e. The second-order valence-corrected chi connectivity index (χ2v) is 9.05. The number of halogens is 1. The molecule has 3 aromatic rings. The molecule has 4 rings (SSSR count). The predicted octanol–water partition coefficient (Wildman–Crippen LogP) is 6.53. The smallest absolute Gasteiger partial charge is 0.412 e. The van der Waals surface area contributed by atoms with Crippen molar-refractivity contribution in [2.45, 2.75) is 32.3 Å². The molecule has 1 aliphatic heterocycles. The summed E-state index contributed by atoms with van der Waals surface area (Å²) in [5.74, 6) is 0.419. The summed E-state index contributed by atoms with van der Waals surface area (Å²) in [6, 6.07) is 21.1. The third kappa shape index (κ3) is 6.80. The first-order valence-corrected chi connectivity index (χ1v) is 12.4. The molecule has 1 heterocycles. The number of oxime groups is 1. The average Bonchev–Trinajstić information content (AvgIpc) is 2.90. The number of piperidine rings is 1. The Morgan fingerprint density at radius 2 is 1.70 bits per heavy atom. The fraction of sp³-hybridized carbons (Fsp3) is 0.250. The maximum Gasteiger partial charge on any atom is 0.412 e. The highest BCUT2D eigenvalue weighted by Crippen LogP contribution is 2.29. The lowest BCUT2D eigenvalue weighted by Gasteiger charge is -2.31. The number of rotatable bonds is 7. The SMILES string of the molecule is CO/N=C1/CCCCN1c1ccc(NC(=O)[C@H](OC(=O)Nc2ccc(Cl)cc2)c2ccccc2)cc1C. The van der Waals surface area contributed by atoms with Gasteiger partial charge in [0.2, 0.25) is 6.10 Å². The predicted molar refractivity (Wildman–Crippen MR) is 146 cm³/mol. The van der Waals surface area contributed by atoms with Crippen LogP contribution in [0.25, 0.3) is 0 Å². The number of benzene rings is 3. The lowest BCUT2D eigenvalue weighted by atomic mass is 10.1. The van der Waals surface area contributed by atoms with Crippen LogP contribution < -0.4 is 15.5 Å². The first kappa shape index (κ1) is 26.0. The number of amides is 2. The second-order valence-electron chi connectivity index (χ2n) is 8.62. The van der Waals surface area contributed by atoms with Crippen molar-refractivity contribution in [1.29, 1.82) is 0 Å². The first-order chi connectivity index (χ1) is 17.9. The highest BCUT2D eigenvalue weighted by molar-refractivity contribution is 6.30. The zero-order chi connectivity index (χ0) is 26.2. The van der Waals surface area contributed by atoms with Crippen LogP contribution in [0.15, 0.2) is 78.0 Å². The molecule has 3 aromatic carbocycles. The van der Waals surface area contributed by atoms with Crippen LogP contribution in [-0.4, -0.2) is 31.5 Å². The summed E-state index contributed by atoms with van der Waals surface area (Å²) in [6.07, 6.45) is 1.07. The topological polar surface area (TPSA) is 92.3 Å². The van der Waals surface area contributed by atoms with Gasteiger partial charge in [0.15, 0.2) is 0 Å². The molecule has 2 N–H and O–H groups in total. The number of hydrogen-bond acceptors (Lipinski definition) is 5. The van der Waals surface area contributed by atoms with E-state index in [0.717, 1.165) is 42.9 Å². The van der Waals surface area contributed by atoms with Crippen molar-refractivity contribution < 1.29 is 19.2 Å². The molecule has 1 saturated heterocycles. The van der Waals surface area contributed by atoms with E-state index in [1.54, 1.807) is 55.6 Å². The highest BCUT2D eigenvalue weighted by Gasteiger charge is 2.26. The minimum Gasteiger partial charge on any atom is -0.431 e. The number of carbonyl (C=O) groups excluding carboxylic acids is 2. The lowest BCUT2D eigenvalue weighted by molar-refractivity contribution is -0.124. The van der Waals surface area contributed by atoms with Crippen LogP contribution in [0.4, 0.5) is 21.9 Å². The quantitative estimate of drug-likeness (QED) is 0.346. The van der Waals surface area contributed by atoms with Gasteiger partial charge in [0.25, 0.3) is 5.91 Å². The highest BCUT2D eigenvalue weighted by atomic mass is 35.5. The Balaban J connectivity index is 1.50. The first-order valence-electron chi connectivity index (χ1n) is 12.0. The van der Waals surface area contributed by atoms with Gasteiger partial charge >= 0.3 is 6.09 Å². The van der Waals surface area contributed by atoms with Crippen molar-refractivity contribution in [1.82, 2.24) is 0 Å². The normalized spacial score (nSPS) is 15.1. The number of carbonyl (C=O) groups is 2. The number of nitrogens with zero attached hydrogens (tertiary/aromatic N) is 2. The van der Waals surface area contributed by atoms with Gasteiger partial charge in [-0.15, -0.1) is 0 Å². The zero-order valence-electron chi connectivity index (χ0n) is 20.7. The molecule has 1 fully saturated rings. The standard InChI is InChI=1S/C28H29ClN4O4/c1-19-18-23(15-16-24(19)33-17-7-6-10-25(33)32-36-2)30-27(34)26(20-8-4-3-5-9-20)37-28(35)31-22-13-11-21(29)12-14-22/h3-5,8-9,11-16,18,26H,6-7,10,17H2,1-2H3,(H,30,34)(H,31,35)/b32-25-/t26-/m1/s1. The van der Waals surface area contributed by atoms with E-state index < -0.39 is 18.1 Å². The average molecular weight is 521 g/mol. The molecule has 8 nitrogen and oxygen atoms in total. The van der Waals surface area contributed by atoms with E-state index >= 15 is 0 Å². The third-order valence-corrected chi connectivity index (χ3v) is 6.20. The van der Waals surface area contributed by atoms with Gasteiger partial charge in [0, 0.05) is 40.6 Å². The lowest BCUT2D eigenvalue weighted by Crippen LogP contribution is -2.36. The van der Waals surface area contributed by atoms with Crippen molar-refractivity contribution in [3.8, 4) is 0 Å². The van der Waals surface area contributed by atoms with Crippen LogP contribution in [-0.2, 0) is 14.4 Å². The Kier molecular flexibility index (Phi) is 8.64. The van der Waals surface area contributed by atoms with E-state index in [2.05, 4.69) is 20.7 Å². The molecule has 2 amide bonds. The molecule has 1 aliphatic rings. The number of amidine groups is 1. The Morgan fingerprint density at radius 1 is 0.973 bits per heavy atom. The maximum atomic E-state index is 13.3. The van der Waals surface area contributed by atoms with Crippen molar-refractivity contribution in [2.75, 3.05) is 29.2 Å². The zero-order valence-corrected chi connectivity index (χ0v) is 21.5. The molecule has 0 aromatic heterocycles. The van der Waals surface area contributed by atoms with Crippen LogP contribution >= 0.6 is 11.6 Å². The maximum absolute atomic E-state index is 13.3. The van der Waals surface area contributed by atoms with Crippen LogP contribution in [0.5, 0.6) is 0 Å². The fourth-order valence-electron chi connectivity index (χ4n) is 4.21. The van der Waals surface area contributed by atoms with Crippen molar-refractivity contribution in [2.24, 2.45) is 5.16 Å². The van der Waals surface area contributed by atoms with Gasteiger partial charge in [-0.2, -0.15) is 0 Å².